The van der Waals surface area contributed by atoms with Gasteiger partial charge in [-0.25, -0.2) is 0 Å². The number of piperazine rings is 1. The van der Waals surface area contributed by atoms with E-state index in [2.05, 4.69) is 51.0 Å². The minimum Gasteiger partial charge on any atom is -0.333 e. The van der Waals surface area contributed by atoms with Crippen LogP contribution in [-0.2, 0) is 0 Å². The lowest BCUT2D eigenvalue weighted by molar-refractivity contribution is 0.0602. The Morgan fingerprint density at radius 3 is 2.72 bits per heavy atom. The summed E-state index contributed by atoms with van der Waals surface area (Å²) in [7, 11) is 0. The van der Waals surface area contributed by atoms with Crippen LogP contribution in [0, 0.1) is 0 Å². The van der Waals surface area contributed by atoms with Crippen molar-refractivity contribution in [2.24, 2.45) is 0 Å². The molecule has 0 radical (unpaired) electrons. The zero-order chi connectivity index (χ0) is 12.6. The van der Waals surface area contributed by atoms with Crippen LogP contribution in [0.5, 0.6) is 0 Å². The van der Waals surface area contributed by atoms with Gasteiger partial charge in [0.15, 0.2) is 0 Å². The van der Waals surface area contributed by atoms with Crippen molar-refractivity contribution in [2.75, 3.05) is 13.1 Å². The first-order valence-corrected chi connectivity index (χ1v) is 7.90. The van der Waals surface area contributed by atoms with Crippen LogP contribution in [0.15, 0.2) is 13.6 Å². The molecule has 1 aliphatic heterocycles. The Labute approximate surface area is 134 Å². The maximum atomic E-state index is 12.4. The molecule has 18 heavy (non-hydrogen) atoms. The van der Waals surface area contributed by atoms with E-state index in [1.807, 2.05) is 11.0 Å². The van der Waals surface area contributed by atoms with Gasteiger partial charge >= 0.3 is 0 Å². The maximum Gasteiger partial charge on any atom is 0.256 e. The second-order valence-corrected chi connectivity index (χ2v) is 7.97. The molecule has 0 aliphatic carbocycles. The van der Waals surface area contributed by atoms with Crippen LogP contribution >= 0.6 is 55.6 Å². The quantitative estimate of drug-likeness (QED) is 0.757. The number of carbonyl (C=O) groups is 1. The molecule has 2 rings (SSSR count). The lowest BCUT2D eigenvalue weighted by atomic mass is 10.1. The minimum absolute atomic E-state index is 0. The highest BCUT2D eigenvalue weighted by atomic mass is 79.9. The molecule has 0 spiro atoms. The van der Waals surface area contributed by atoms with Crippen molar-refractivity contribution < 1.29 is 4.79 Å². The molecule has 0 aromatic carbocycles. The summed E-state index contributed by atoms with van der Waals surface area (Å²) in [5.74, 6) is 0.111. The van der Waals surface area contributed by atoms with Gasteiger partial charge in [-0.2, -0.15) is 0 Å². The number of hydrogen-bond donors (Lipinski definition) is 1. The third-order valence-electron chi connectivity index (χ3n) is 3.18. The molecule has 0 bridgehead atoms. The second kappa shape index (κ2) is 6.70. The summed E-state index contributed by atoms with van der Waals surface area (Å²) in [6.07, 6.45) is 0. The first-order chi connectivity index (χ1) is 8.00. The molecule has 1 amide bonds. The Kier molecular flexibility index (Phi) is 6.12. The van der Waals surface area contributed by atoms with Gasteiger partial charge < -0.3 is 10.2 Å². The fourth-order valence-corrected chi connectivity index (χ4v) is 4.76. The van der Waals surface area contributed by atoms with Crippen LogP contribution in [0.25, 0.3) is 0 Å². The fourth-order valence-electron chi connectivity index (χ4n) is 1.98. The summed E-state index contributed by atoms with van der Waals surface area (Å²) < 4.78 is 1.87. The van der Waals surface area contributed by atoms with Crippen molar-refractivity contribution in [1.82, 2.24) is 10.2 Å². The molecule has 2 atom stereocenters. The van der Waals surface area contributed by atoms with Crippen LogP contribution < -0.4 is 5.32 Å². The minimum atomic E-state index is 0. The van der Waals surface area contributed by atoms with Gasteiger partial charge in [-0.3, -0.25) is 4.79 Å². The zero-order valence-electron chi connectivity index (χ0n) is 10.1. The van der Waals surface area contributed by atoms with Crippen LogP contribution in [0.2, 0.25) is 0 Å². The molecule has 2 unspecified atom stereocenters. The number of hydrogen-bond acceptors (Lipinski definition) is 3. The Morgan fingerprint density at radius 2 is 2.17 bits per heavy atom. The van der Waals surface area contributed by atoms with Gasteiger partial charge in [0.05, 0.1) is 13.1 Å². The van der Waals surface area contributed by atoms with E-state index >= 15 is 0 Å². The predicted octanol–water partition coefficient (Wildman–Crippen LogP) is 3.52. The molecular weight excluding hydrogens is 403 g/mol. The topological polar surface area (TPSA) is 32.3 Å². The Morgan fingerprint density at radius 1 is 1.50 bits per heavy atom. The molecule has 1 aromatic heterocycles. The molecule has 102 valence electrons. The van der Waals surface area contributed by atoms with Gasteiger partial charge in [-0.1, -0.05) is 0 Å². The molecule has 3 nitrogen and oxygen atoms in total. The van der Waals surface area contributed by atoms with E-state index < -0.39 is 0 Å². The lowest BCUT2D eigenvalue weighted by Gasteiger charge is -2.38. The van der Waals surface area contributed by atoms with Crippen molar-refractivity contribution in [3.63, 3.8) is 0 Å². The number of nitrogens with one attached hydrogen (secondary N) is 1. The summed E-state index contributed by atoms with van der Waals surface area (Å²) in [5.41, 5.74) is 0.753. The predicted molar refractivity (Wildman–Crippen MR) is 84.9 cm³/mol. The van der Waals surface area contributed by atoms with Crippen molar-refractivity contribution >= 4 is 61.5 Å². The summed E-state index contributed by atoms with van der Waals surface area (Å²) >= 11 is 8.39. The summed E-state index contributed by atoms with van der Waals surface area (Å²) in [4.78, 5) is 14.4. The normalized spacial score (nSPS) is 23.7. The Hall–Kier alpha value is 0.380. The number of halogens is 3. The van der Waals surface area contributed by atoms with Crippen LogP contribution in [-0.4, -0.2) is 36.0 Å². The number of nitrogens with zero attached hydrogens (tertiary/aromatic N) is 1. The van der Waals surface area contributed by atoms with Crippen molar-refractivity contribution in [3.05, 3.63) is 19.2 Å². The molecule has 1 fully saturated rings. The summed E-state index contributed by atoms with van der Waals surface area (Å²) in [6.45, 7) is 5.83. The van der Waals surface area contributed by atoms with Gasteiger partial charge in [-0.15, -0.1) is 23.7 Å². The third-order valence-corrected chi connectivity index (χ3v) is 5.52. The van der Waals surface area contributed by atoms with Gasteiger partial charge in [0.1, 0.15) is 0 Å². The summed E-state index contributed by atoms with van der Waals surface area (Å²) in [6, 6.07) is 2.45. The standard InChI is InChI=1S/C11H14Br2N2OS.ClH/c1-6-7(2)15(4-3-14-6)11(16)8-5-9(12)17-10(8)13;/h5-7,14H,3-4H2,1-2H3;1H. The van der Waals surface area contributed by atoms with Crippen molar-refractivity contribution in [2.45, 2.75) is 25.9 Å². The zero-order valence-corrected chi connectivity index (χ0v) is 14.9. The smallest absolute Gasteiger partial charge is 0.256 e. The molecular formula is C11H15Br2ClN2OS. The first kappa shape index (κ1) is 16.4. The van der Waals surface area contributed by atoms with E-state index in [9.17, 15) is 4.79 Å². The molecule has 7 heteroatoms. The van der Waals surface area contributed by atoms with E-state index in [1.165, 1.54) is 11.3 Å². The molecule has 2 heterocycles. The van der Waals surface area contributed by atoms with Gasteiger partial charge in [0, 0.05) is 25.2 Å². The number of rotatable bonds is 1. The first-order valence-electron chi connectivity index (χ1n) is 5.50. The molecule has 1 aliphatic rings. The van der Waals surface area contributed by atoms with Gasteiger partial charge in [0.2, 0.25) is 0 Å². The summed E-state index contributed by atoms with van der Waals surface area (Å²) in [5, 5.41) is 3.38. The Balaban J connectivity index is 0.00000162. The number of carbonyl (C=O) groups excluding carboxylic acids is 1. The molecule has 1 saturated heterocycles. The average molecular weight is 419 g/mol. The Bertz CT molecular complexity index is 441. The highest BCUT2D eigenvalue weighted by Crippen LogP contribution is 2.33. The average Bonchev–Trinajstić information content (AvgIpc) is 2.61. The van der Waals surface area contributed by atoms with E-state index in [-0.39, 0.29) is 24.4 Å². The van der Waals surface area contributed by atoms with Gasteiger partial charge in [0.25, 0.3) is 5.91 Å². The second-order valence-electron chi connectivity index (χ2n) is 4.22. The van der Waals surface area contributed by atoms with E-state index in [4.69, 9.17) is 0 Å². The monoisotopic (exact) mass is 416 g/mol. The molecule has 1 N–H and O–H groups in total. The van der Waals surface area contributed by atoms with E-state index in [0.29, 0.717) is 6.04 Å². The number of thiophene rings is 1. The largest absolute Gasteiger partial charge is 0.333 e. The van der Waals surface area contributed by atoms with Crippen LogP contribution in [0.4, 0.5) is 0 Å². The van der Waals surface area contributed by atoms with Crippen molar-refractivity contribution in [3.8, 4) is 0 Å². The van der Waals surface area contributed by atoms with Crippen LogP contribution in [0.3, 0.4) is 0 Å². The van der Waals surface area contributed by atoms with E-state index in [0.717, 1.165) is 26.2 Å². The SMILES string of the molecule is CC1NCCN(C(=O)c2cc(Br)sc2Br)C1C.Cl. The van der Waals surface area contributed by atoms with E-state index in [1.54, 1.807) is 0 Å². The molecule has 1 aromatic rings. The maximum absolute atomic E-state index is 12.4. The lowest BCUT2D eigenvalue weighted by Crippen LogP contribution is -2.57. The van der Waals surface area contributed by atoms with Crippen LogP contribution in [0.1, 0.15) is 24.2 Å². The highest BCUT2D eigenvalue weighted by Gasteiger charge is 2.30. The fraction of sp³-hybridized carbons (Fsp3) is 0.545. The van der Waals surface area contributed by atoms with Gasteiger partial charge in [-0.05, 0) is 51.8 Å². The number of amides is 1. The third kappa shape index (κ3) is 3.28. The van der Waals surface area contributed by atoms with Crippen molar-refractivity contribution in [1.29, 1.82) is 0 Å². The molecule has 0 saturated carbocycles. The highest BCUT2D eigenvalue weighted by molar-refractivity contribution is 9.12.